The molecule has 0 radical (unpaired) electrons. The summed E-state index contributed by atoms with van der Waals surface area (Å²) in [6, 6.07) is 15.6. The van der Waals surface area contributed by atoms with E-state index >= 15 is 0 Å². The van der Waals surface area contributed by atoms with Gasteiger partial charge < -0.3 is 10.1 Å². The lowest BCUT2D eigenvalue weighted by Crippen LogP contribution is -2.13. The first kappa shape index (κ1) is 21.3. The number of nitrogens with one attached hydrogen (secondary N) is 1. The second-order valence-electron chi connectivity index (χ2n) is 7.82. The van der Waals surface area contributed by atoms with Gasteiger partial charge in [-0.05, 0) is 41.7 Å². The van der Waals surface area contributed by atoms with Crippen molar-refractivity contribution in [3.05, 3.63) is 64.5 Å². The van der Waals surface area contributed by atoms with E-state index in [0.717, 1.165) is 17.0 Å². The maximum atomic E-state index is 12.2. The number of nitrogens with zero attached hydrogens (tertiary/aromatic N) is 1. The number of halogens is 1. The number of amides is 1. The molecular weight excluding hydrogens is 404 g/mol. The zero-order valence-electron chi connectivity index (χ0n) is 16.9. The van der Waals surface area contributed by atoms with E-state index < -0.39 is 0 Å². The molecule has 0 fully saturated rings. The highest BCUT2D eigenvalue weighted by molar-refractivity contribution is 7.14. The first-order valence-corrected chi connectivity index (χ1v) is 10.8. The fraction of sp³-hybridized carbons (Fsp3) is 0.304. The van der Waals surface area contributed by atoms with Gasteiger partial charge in [0.1, 0.15) is 5.75 Å². The van der Waals surface area contributed by atoms with E-state index in [1.807, 2.05) is 41.8 Å². The lowest BCUT2D eigenvalue weighted by atomic mass is 9.87. The zero-order chi connectivity index (χ0) is 20.9. The molecule has 0 bridgehead atoms. The molecule has 0 unspecified atom stereocenters. The van der Waals surface area contributed by atoms with Gasteiger partial charge in [-0.2, -0.15) is 0 Å². The van der Waals surface area contributed by atoms with Gasteiger partial charge in [0.15, 0.2) is 5.13 Å². The van der Waals surface area contributed by atoms with E-state index in [1.54, 1.807) is 0 Å². The molecule has 3 rings (SSSR count). The summed E-state index contributed by atoms with van der Waals surface area (Å²) < 4.78 is 5.74. The van der Waals surface area contributed by atoms with Crippen LogP contribution in [0.15, 0.2) is 53.9 Å². The largest absolute Gasteiger partial charge is 0.494 e. The molecule has 6 heteroatoms. The highest BCUT2D eigenvalue weighted by atomic mass is 35.5. The number of hydrogen-bond acceptors (Lipinski definition) is 4. The quantitative estimate of drug-likeness (QED) is 0.433. The third kappa shape index (κ3) is 6.31. The monoisotopic (exact) mass is 428 g/mol. The van der Waals surface area contributed by atoms with Crippen molar-refractivity contribution in [2.24, 2.45) is 0 Å². The fourth-order valence-corrected chi connectivity index (χ4v) is 3.60. The summed E-state index contributed by atoms with van der Waals surface area (Å²) in [5.41, 5.74) is 3.19. The summed E-state index contributed by atoms with van der Waals surface area (Å²) >= 11 is 7.32. The van der Waals surface area contributed by atoms with Crippen LogP contribution in [0.1, 0.15) is 39.2 Å². The van der Waals surface area contributed by atoms with Crippen LogP contribution in [0.25, 0.3) is 11.3 Å². The highest BCUT2D eigenvalue weighted by Crippen LogP contribution is 2.26. The molecule has 0 aliphatic carbocycles. The van der Waals surface area contributed by atoms with Crippen molar-refractivity contribution in [2.45, 2.75) is 39.0 Å². The molecule has 1 N–H and O–H groups in total. The number of carbonyl (C=O) groups excluding carboxylic acids is 1. The number of ether oxygens (including phenoxy) is 1. The molecule has 1 heterocycles. The maximum Gasteiger partial charge on any atom is 0.226 e. The van der Waals surface area contributed by atoms with Crippen molar-refractivity contribution in [1.82, 2.24) is 4.98 Å². The number of benzene rings is 2. The van der Waals surface area contributed by atoms with Crippen molar-refractivity contribution < 1.29 is 9.53 Å². The second-order valence-corrected chi connectivity index (χ2v) is 9.11. The number of rotatable bonds is 7. The fourth-order valence-electron chi connectivity index (χ4n) is 2.74. The van der Waals surface area contributed by atoms with Crippen LogP contribution in [0.4, 0.5) is 5.13 Å². The number of hydrogen-bond donors (Lipinski definition) is 1. The molecular formula is C23H25ClN2O2S. The Hall–Kier alpha value is -2.37. The molecule has 2 aromatic carbocycles. The minimum Gasteiger partial charge on any atom is -0.494 e. The van der Waals surface area contributed by atoms with Gasteiger partial charge in [-0.1, -0.05) is 56.6 Å². The topological polar surface area (TPSA) is 51.2 Å². The molecule has 0 saturated carbocycles. The first-order valence-electron chi connectivity index (χ1n) is 9.56. The Balaban J connectivity index is 1.42. The molecule has 3 aromatic rings. The summed E-state index contributed by atoms with van der Waals surface area (Å²) in [7, 11) is 0. The van der Waals surface area contributed by atoms with Crippen LogP contribution in [0, 0.1) is 0 Å². The molecule has 0 spiro atoms. The van der Waals surface area contributed by atoms with Crippen LogP contribution in [0.3, 0.4) is 0 Å². The summed E-state index contributed by atoms with van der Waals surface area (Å²) in [6.07, 6.45) is 1.03. The van der Waals surface area contributed by atoms with Crippen LogP contribution in [-0.2, 0) is 10.2 Å². The summed E-state index contributed by atoms with van der Waals surface area (Å²) in [6.45, 7) is 7.04. The zero-order valence-corrected chi connectivity index (χ0v) is 18.4. The number of aromatic nitrogens is 1. The van der Waals surface area contributed by atoms with Gasteiger partial charge >= 0.3 is 0 Å². The van der Waals surface area contributed by atoms with Gasteiger partial charge in [0.2, 0.25) is 5.91 Å². The summed E-state index contributed by atoms with van der Waals surface area (Å²) in [4.78, 5) is 16.6. The van der Waals surface area contributed by atoms with Crippen LogP contribution < -0.4 is 10.1 Å². The predicted molar refractivity (Wildman–Crippen MR) is 121 cm³/mol. The van der Waals surface area contributed by atoms with Crippen LogP contribution >= 0.6 is 22.9 Å². The maximum absolute atomic E-state index is 12.2. The Morgan fingerprint density at radius 3 is 2.45 bits per heavy atom. The third-order valence-corrected chi connectivity index (χ3v) is 5.44. The number of thiazole rings is 1. The lowest BCUT2D eigenvalue weighted by molar-refractivity contribution is -0.116. The van der Waals surface area contributed by atoms with E-state index in [4.69, 9.17) is 16.3 Å². The SMILES string of the molecule is CC(C)(C)c1ccc(OCCCC(=O)Nc2nc(-c3ccc(Cl)cc3)cs2)cc1. The molecule has 4 nitrogen and oxygen atoms in total. The lowest BCUT2D eigenvalue weighted by Gasteiger charge is -2.19. The predicted octanol–water partition coefficient (Wildman–Crippen LogP) is 6.56. The molecule has 0 aliphatic heterocycles. The van der Waals surface area contributed by atoms with Gasteiger partial charge in [0, 0.05) is 22.4 Å². The smallest absolute Gasteiger partial charge is 0.226 e. The van der Waals surface area contributed by atoms with Crippen LogP contribution in [0.5, 0.6) is 5.75 Å². The van der Waals surface area contributed by atoms with Crippen molar-refractivity contribution in [3.63, 3.8) is 0 Å². The number of carbonyl (C=O) groups is 1. The Labute approximate surface area is 180 Å². The summed E-state index contributed by atoms with van der Waals surface area (Å²) in [5.74, 6) is 0.764. The van der Waals surface area contributed by atoms with Crippen molar-refractivity contribution in [3.8, 4) is 17.0 Å². The Morgan fingerprint density at radius 1 is 1.10 bits per heavy atom. The minimum absolute atomic E-state index is 0.0614. The molecule has 0 atom stereocenters. The standard InChI is InChI=1S/C23H25ClN2O2S/c1-23(2,3)17-8-12-19(13-9-17)28-14-4-5-21(27)26-22-25-20(15-29-22)16-6-10-18(24)11-7-16/h6-13,15H,4-5,14H2,1-3H3,(H,25,26,27). The Morgan fingerprint density at radius 2 is 1.79 bits per heavy atom. The molecule has 0 aliphatic rings. The van der Waals surface area contributed by atoms with Gasteiger partial charge in [0.25, 0.3) is 0 Å². The van der Waals surface area contributed by atoms with Crippen molar-refractivity contribution >= 4 is 34.0 Å². The second kappa shape index (κ2) is 9.42. The van der Waals surface area contributed by atoms with E-state index in [-0.39, 0.29) is 11.3 Å². The first-order chi connectivity index (χ1) is 13.8. The molecule has 29 heavy (non-hydrogen) atoms. The van der Waals surface area contributed by atoms with Crippen LogP contribution in [0.2, 0.25) is 5.02 Å². The van der Waals surface area contributed by atoms with E-state index in [2.05, 4.69) is 43.2 Å². The van der Waals surface area contributed by atoms with Crippen molar-refractivity contribution in [1.29, 1.82) is 0 Å². The van der Waals surface area contributed by atoms with Gasteiger partial charge in [-0.3, -0.25) is 4.79 Å². The molecule has 152 valence electrons. The van der Waals surface area contributed by atoms with E-state index in [0.29, 0.717) is 29.6 Å². The average molecular weight is 429 g/mol. The Bertz CT molecular complexity index is 944. The molecule has 1 amide bonds. The number of anilines is 1. The normalized spacial score (nSPS) is 11.3. The van der Waals surface area contributed by atoms with E-state index in [9.17, 15) is 4.79 Å². The van der Waals surface area contributed by atoms with Gasteiger partial charge in [0.05, 0.1) is 12.3 Å². The highest BCUT2D eigenvalue weighted by Gasteiger charge is 2.13. The Kier molecular flexibility index (Phi) is 6.93. The molecule has 0 saturated heterocycles. The summed E-state index contributed by atoms with van der Waals surface area (Å²) in [5, 5.41) is 6.05. The molecule has 1 aromatic heterocycles. The van der Waals surface area contributed by atoms with Gasteiger partial charge in [-0.25, -0.2) is 4.98 Å². The van der Waals surface area contributed by atoms with Gasteiger partial charge in [-0.15, -0.1) is 11.3 Å². The minimum atomic E-state index is -0.0614. The van der Waals surface area contributed by atoms with Crippen LogP contribution in [-0.4, -0.2) is 17.5 Å². The third-order valence-electron chi connectivity index (χ3n) is 4.43. The average Bonchev–Trinajstić information content (AvgIpc) is 3.14. The van der Waals surface area contributed by atoms with Crippen molar-refractivity contribution in [2.75, 3.05) is 11.9 Å². The van der Waals surface area contributed by atoms with E-state index in [1.165, 1.54) is 16.9 Å².